The van der Waals surface area contributed by atoms with Crippen LogP contribution in [0.25, 0.3) is 0 Å². The van der Waals surface area contributed by atoms with E-state index in [4.69, 9.17) is 0 Å². The first-order valence-electron chi connectivity index (χ1n) is 8.63. The fourth-order valence-corrected chi connectivity index (χ4v) is 3.09. The molecule has 2 aromatic rings. The number of rotatable bonds is 5. The molecule has 1 aliphatic heterocycles. The summed E-state index contributed by atoms with van der Waals surface area (Å²) in [5, 5.41) is 6.78. The van der Waals surface area contributed by atoms with Crippen LogP contribution in [-0.4, -0.2) is 51.0 Å². The monoisotopic (exact) mass is 369 g/mol. The normalized spacial score (nSPS) is 19.3. The lowest BCUT2D eigenvalue weighted by Gasteiger charge is -2.23. The number of aromatic nitrogens is 2. The zero-order valence-corrected chi connectivity index (χ0v) is 15.9. The molecule has 1 atom stereocenters. The largest absolute Gasteiger partial charge is 0.340 e. The van der Waals surface area contributed by atoms with Crippen LogP contribution in [0.15, 0.2) is 36.7 Å². The third-order valence-electron chi connectivity index (χ3n) is 4.80. The molecule has 0 bridgehead atoms. The highest BCUT2D eigenvalue weighted by Crippen LogP contribution is 2.29. The summed E-state index contributed by atoms with van der Waals surface area (Å²) in [5.41, 5.74) is 1.44. The molecule has 2 heterocycles. The fraction of sp³-hybridized carbons (Fsp3) is 0.368. The Kier molecular flexibility index (Phi) is 4.73. The van der Waals surface area contributed by atoms with Crippen molar-refractivity contribution in [2.24, 2.45) is 7.05 Å². The Balaban J connectivity index is 1.71. The number of aryl methyl sites for hydroxylation is 2. The van der Waals surface area contributed by atoms with Gasteiger partial charge in [-0.05, 0) is 19.4 Å². The first-order chi connectivity index (χ1) is 12.7. The third kappa shape index (κ3) is 3.55. The van der Waals surface area contributed by atoms with Crippen LogP contribution in [-0.2, 0) is 28.7 Å². The van der Waals surface area contributed by atoms with Crippen molar-refractivity contribution in [3.8, 4) is 0 Å². The summed E-state index contributed by atoms with van der Waals surface area (Å²) >= 11 is 0. The number of carbonyl (C=O) groups excluding carboxylic acids is 3. The van der Waals surface area contributed by atoms with Gasteiger partial charge < -0.3 is 10.2 Å². The standard InChI is InChI=1S/C19H23N5O3/c1-13-5-7-15(8-6-13)19(2)17(26)24(18(27)21-19)12-16(25)22(3)10-14-9-20-23(4)11-14/h5-9,11H,10,12H2,1-4H3,(H,21,27)/t19-/m1/s1. The maximum Gasteiger partial charge on any atom is 0.325 e. The highest BCUT2D eigenvalue weighted by Gasteiger charge is 2.49. The van der Waals surface area contributed by atoms with Crippen LogP contribution in [0.4, 0.5) is 4.79 Å². The van der Waals surface area contributed by atoms with Gasteiger partial charge in [0.25, 0.3) is 5.91 Å². The third-order valence-corrected chi connectivity index (χ3v) is 4.80. The quantitative estimate of drug-likeness (QED) is 0.801. The Morgan fingerprint density at radius 3 is 2.52 bits per heavy atom. The molecule has 0 radical (unpaired) electrons. The number of nitrogens with zero attached hydrogens (tertiary/aromatic N) is 4. The number of amides is 4. The van der Waals surface area contributed by atoms with E-state index in [-0.39, 0.29) is 12.5 Å². The van der Waals surface area contributed by atoms with Gasteiger partial charge in [0, 0.05) is 32.4 Å². The molecule has 3 rings (SSSR count). The molecule has 1 aliphatic rings. The van der Waals surface area contributed by atoms with Crippen molar-refractivity contribution in [1.29, 1.82) is 0 Å². The maximum atomic E-state index is 12.9. The number of likely N-dealkylation sites (N-methyl/N-ethyl adjacent to an activating group) is 1. The minimum atomic E-state index is -1.17. The van der Waals surface area contributed by atoms with E-state index in [0.717, 1.165) is 16.0 Å². The van der Waals surface area contributed by atoms with Gasteiger partial charge in [-0.1, -0.05) is 29.8 Å². The summed E-state index contributed by atoms with van der Waals surface area (Å²) in [5.74, 6) is -0.755. The van der Waals surface area contributed by atoms with E-state index in [9.17, 15) is 14.4 Å². The minimum absolute atomic E-state index is 0.303. The van der Waals surface area contributed by atoms with Gasteiger partial charge in [0.1, 0.15) is 12.1 Å². The van der Waals surface area contributed by atoms with Gasteiger partial charge >= 0.3 is 6.03 Å². The number of benzene rings is 1. The van der Waals surface area contributed by atoms with Gasteiger partial charge in [-0.2, -0.15) is 5.10 Å². The van der Waals surface area contributed by atoms with Crippen LogP contribution in [0.5, 0.6) is 0 Å². The molecule has 142 valence electrons. The zero-order chi connectivity index (χ0) is 19.8. The maximum absolute atomic E-state index is 12.9. The Labute approximate surface area is 157 Å². The second-order valence-electron chi connectivity index (χ2n) is 7.08. The van der Waals surface area contributed by atoms with Gasteiger partial charge in [-0.25, -0.2) is 4.79 Å². The molecule has 8 heteroatoms. The lowest BCUT2D eigenvalue weighted by Crippen LogP contribution is -2.43. The molecular weight excluding hydrogens is 346 g/mol. The molecule has 1 aromatic carbocycles. The molecule has 1 fully saturated rings. The van der Waals surface area contributed by atoms with E-state index in [1.165, 1.54) is 4.90 Å². The Bertz CT molecular complexity index is 889. The van der Waals surface area contributed by atoms with E-state index < -0.39 is 17.5 Å². The molecule has 0 spiro atoms. The van der Waals surface area contributed by atoms with E-state index in [1.54, 1.807) is 31.9 Å². The summed E-state index contributed by atoms with van der Waals surface area (Å²) in [6.45, 7) is 3.65. The van der Waals surface area contributed by atoms with E-state index in [2.05, 4.69) is 10.4 Å². The summed E-state index contributed by atoms with van der Waals surface area (Å²) in [6, 6.07) is 6.83. The number of hydrogen-bond donors (Lipinski definition) is 1. The first kappa shape index (κ1) is 18.6. The smallest absolute Gasteiger partial charge is 0.325 e. The zero-order valence-electron chi connectivity index (χ0n) is 15.9. The summed E-state index contributed by atoms with van der Waals surface area (Å²) in [6.07, 6.45) is 3.48. The number of hydrogen-bond acceptors (Lipinski definition) is 4. The van der Waals surface area contributed by atoms with Gasteiger partial charge in [-0.3, -0.25) is 19.2 Å². The van der Waals surface area contributed by atoms with Crippen LogP contribution in [0.1, 0.15) is 23.6 Å². The number of carbonyl (C=O) groups is 3. The predicted octanol–water partition coefficient (Wildman–Crippen LogP) is 1.15. The topological polar surface area (TPSA) is 87.5 Å². The molecular formula is C19H23N5O3. The van der Waals surface area contributed by atoms with Crippen molar-refractivity contribution in [1.82, 2.24) is 24.9 Å². The molecule has 27 heavy (non-hydrogen) atoms. The average Bonchev–Trinajstić information content (AvgIpc) is 3.12. The molecule has 1 N–H and O–H groups in total. The molecule has 0 saturated carbocycles. The number of nitrogens with one attached hydrogen (secondary N) is 1. The van der Waals surface area contributed by atoms with Gasteiger partial charge in [-0.15, -0.1) is 0 Å². The lowest BCUT2D eigenvalue weighted by atomic mass is 9.91. The molecule has 1 saturated heterocycles. The van der Waals surface area contributed by atoms with Crippen molar-refractivity contribution in [3.63, 3.8) is 0 Å². The minimum Gasteiger partial charge on any atom is -0.340 e. The van der Waals surface area contributed by atoms with Gasteiger partial charge in [0.05, 0.1) is 6.20 Å². The molecule has 8 nitrogen and oxygen atoms in total. The highest BCUT2D eigenvalue weighted by atomic mass is 16.2. The second-order valence-corrected chi connectivity index (χ2v) is 7.08. The van der Waals surface area contributed by atoms with Crippen molar-refractivity contribution in [2.45, 2.75) is 25.9 Å². The van der Waals surface area contributed by atoms with Crippen LogP contribution < -0.4 is 5.32 Å². The summed E-state index contributed by atoms with van der Waals surface area (Å²) in [7, 11) is 3.43. The van der Waals surface area contributed by atoms with Crippen LogP contribution in [0.2, 0.25) is 0 Å². The van der Waals surface area contributed by atoms with Crippen molar-refractivity contribution in [2.75, 3.05) is 13.6 Å². The van der Waals surface area contributed by atoms with E-state index in [0.29, 0.717) is 12.1 Å². The average molecular weight is 369 g/mol. The molecule has 4 amide bonds. The number of urea groups is 1. The molecule has 0 aliphatic carbocycles. The van der Waals surface area contributed by atoms with Crippen molar-refractivity contribution >= 4 is 17.8 Å². The molecule has 0 unspecified atom stereocenters. The lowest BCUT2D eigenvalue weighted by molar-refractivity contribution is -0.138. The van der Waals surface area contributed by atoms with Crippen LogP contribution in [0.3, 0.4) is 0 Å². The summed E-state index contributed by atoms with van der Waals surface area (Å²) in [4.78, 5) is 40.2. The second kappa shape index (κ2) is 6.86. The van der Waals surface area contributed by atoms with Crippen LogP contribution >= 0.6 is 0 Å². The van der Waals surface area contributed by atoms with Crippen LogP contribution in [0, 0.1) is 6.92 Å². The summed E-state index contributed by atoms with van der Waals surface area (Å²) < 4.78 is 1.65. The number of imide groups is 1. The Hall–Kier alpha value is -3.16. The predicted molar refractivity (Wildman–Crippen MR) is 98.5 cm³/mol. The molecule has 1 aromatic heterocycles. The van der Waals surface area contributed by atoms with E-state index in [1.807, 2.05) is 37.4 Å². The van der Waals surface area contributed by atoms with E-state index >= 15 is 0 Å². The SMILES string of the molecule is Cc1ccc([C@@]2(C)NC(=O)N(CC(=O)N(C)Cc3cnn(C)c3)C2=O)cc1. The first-order valence-corrected chi connectivity index (χ1v) is 8.63. The van der Waals surface area contributed by atoms with Gasteiger partial charge in [0.15, 0.2) is 0 Å². The van der Waals surface area contributed by atoms with Gasteiger partial charge in [0.2, 0.25) is 5.91 Å². The fourth-order valence-electron chi connectivity index (χ4n) is 3.09. The van der Waals surface area contributed by atoms with Crippen molar-refractivity contribution < 1.29 is 14.4 Å². The highest BCUT2D eigenvalue weighted by molar-refractivity contribution is 6.09. The van der Waals surface area contributed by atoms with Crippen molar-refractivity contribution in [3.05, 3.63) is 53.3 Å². The Morgan fingerprint density at radius 2 is 1.93 bits per heavy atom. The Morgan fingerprint density at radius 1 is 1.26 bits per heavy atom.